The highest BCUT2D eigenvalue weighted by molar-refractivity contribution is 5.74. The number of carbonyl (C=O) groups is 1. The molecule has 1 fully saturated rings. The van der Waals surface area contributed by atoms with Crippen molar-refractivity contribution in [2.45, 2.75) is 44.6 Å². The summed E-state index contributed by atoms with van der Waals surface area (Å²) >= 11 is 0. The second-order valence-electron chi connectivity index (χ2n) is 4.56. The molecule has 0 aromatic heterocycles. The van der Waals surface area contributed by atoms with E-state index in [0.717, 1.165) is 51.7 Å². The van der Waals surface area contributed by atoms with Crippen LogP contribution in [0.5, 0.6) is 0 Å². The minimum Gasteiger partial charge on any atom is -0.328 e. The number of hydrogen-bond acceptors (Lipinski definition) is 4. The third-order valence-electron chi connectivity index (χ3n) is 3.17. The lowest BCUT2D eigenvalue weighted by atomic mass is 10.1. The van der Waals surface area contributed by atoms with Gasteiger partial charge in [-0.05, 0) is 45.3 Å². The van der Waals surface area contributed by atoms with E-state index in [-0.39, 0.29) is 5.91 Å². The fraction of sp³-hybridized carbons (Fsp3) is 0.909. The molecule has 1 aliphatic rings. The molecule has 0 unspecified atom stereocenters. The minimum atomic E-state index is -0.0658. The van der Waals surface area contributed by atoms with Gasteiger partial charge >= 0.3 is 0 Å². The fourth-order valence-corrected chi connectivity index (χ4v) is 2.05. The summed E-state index contributed by atoms with van der Waals surface area (Å²) in [5.74, 6) is 4.93. The van der Waals surface area contributed by atoms with Crippen molar-refractivity contribution in [1.29, 1.82) is 0 Å². The van der Waals surface area contributed by atoms with E-state index >= 15 is 0 Å². The van der Waals surface area contributed by atoms with Gasteiger partial charge in [0.25, 0.3) is 0 Å². The lowest BCUT2D eigenvalue weighted by Crippen LogP contribution is -2.40. The van der Waals surface area contributed by atoms with Crippen molar-refractivity contribution in [3.63, 3.8) is 0 Å². The van der Waals surface area contributed by atoms with Crippen molar-refractivity contribution in [2.75, 3.05) is 19.6 Å². The van der Waals surface area contributed by atoms with Gasteiger partial charge in [-0.25, -0.2) is 5.84 Å². The van der Waals surface area contributed by atoms with Crippen LogP contribution in [0.4, 0.5) is 0 Å². The molecule has 0 aromatic rings. The van der Waals surface area contributed by atoms with Crippen LogP contribution in [0.15, 0.2) is 0 Å². The number of nitrogens with zero attached hydrogens (tertiary/aromatic N) is 1. The summed E-state index contributed by atoms with van der Waals surface area (Å²) in [6.45, 7) is 3.39. The zero-order valence-electron chi connectivity index (χ0n) is 9.95. The second-order valence-corrected chi connectivity index (χ2v) is 4.56. The summed E-state index contributed by atoms with van der Waals surface area (Å²) in [6.07, 6.45) is 5.96. The zero-order chi connectivity index (χ0) is 11.8. The lowest BCUT2D eigenvalue weighted by Gasteiger charge is -2.29. The molecule has 1 aliphatic heterocycles. The summed E-state index contributed by atoms with van der Waals surface area (Å²) in [7, 11) is 0. The van der Waals surface area contributed by atoms with Crippen LogP contribution >= 0.6 is 0 Å². The molecule has 0 saturated carbocycles. The molecular weight excluding hydrogens is 204 g/mol. The van der Waals surface area contributed by atoms with Gasteiger partial charge in [-0.2, -0.15) is 0 Å². The van der Waals surface area contributed by atoms with Crippen LogP contribution in [0.2, 0.25) is 0 Å². The fourth-order valence-electron chi connectivity index (χ4n) is 2.05. The number of hydrogen-bond donors (Lipinski definition) is 3. The smallest absolute Gasteiger partial charge is 0.233 e. The Balaban J connectivity index is 1.93. The van der Waals surface area contributed by atoms with Gasteiger partial charge < -0.3 is 10.6 Å². The van der Waals surface area contributed by atoms with Crippen LogP contribution in [0, 0.1) is 0 Å². The molecule has 0 bridgehead atoms. The van der Waals surface area contributed by atoms with E-state index in [1.54, 1.807) is 0 Å². The molecule has 5 heteroatoms. The number of nitrogens with one attached hydrogen (secondary N) is 1. The number of rotatable bonds is 6. The molecule has 1 rings (SSSR count). The highest BCUT2D eigenvalue weighted by atomic mass is 16.2. The number of amides is 1. The quantitative estimate of drug-likeness (QED) is 0.258. The van der Waals surface area contributed by atoms with Gasteiger partial charge in [-0.1, -0.05) is 6.42 Å². The molecule has 0 radical (unpaired) electrons. The standard InChI is InChI=1S/C11H24N4O/c12-10-5-8-15(9-6-10)7-3-1-2-4-11(16)14-13/h10H,1-9,12-13H2,(H,14,16). The maximum atomic E-state index is 10.9. The van der Waals surface area contributed by atoms with Crippen molar-refractivity contribution < 1.29 is 4.79 Å². The van der Waals surface area contributed by atoms with Gasteiger partial charge in [0.05, 0.1) is 0 Å². The number of nitrogens with two attached hydrogens (primary N) is 2. The van der Waals surface area contributed by atoms with E-state index in [4.69, 9.17) is 11.6 Å². The second kappa shape index (κ2) is 7.60. The van der Waals surface area contributed by atoms with Crippen molar-refractivity contribution in [3.05, 3.63) is 0 Å². The first-order chi connectivity index (χ1) is 7.72. The predicted octanol–water partition coefficient (Wildman–Crippen LogP) is -0.0402. The summed E-state index contributed by atoms with van der Waals surface area (Å²) in [5.41, 5.74) is 7.99. The Morgan fingerprint density at radius 2 is 1.94 bits per heavy atom. The van der Waals surface area contributed by atoms with E-state index in [2.05, 4.69) is 10.3 Å². The molecule has 0 aromatic carbocycles. The van der Waals surface area contributed by atoms with Gasteiger partial charge in [-0.3, -0.25) is 10.2 Å². The van der Waals surface area contributed by atoms with Gasteiger partial charge in [0.2, 0.25) is 5.91 Å². The minimum absolute atomic E-state index is 0.0658. The summed E-state index contributed by atoms with van der Waals surface area (Å²) in [4.78, 5) is 13.3. The molecular formula is C11H24N4O. The van der Waals surface area contributed by atoms with Crippen molar-refractivity contribution in [3.8, 4) is 0 Å². The molecule has 5 N–H and O–H groups in total. The van der Waals surface area contributed by atoms with Gasteiger partial charge in [0.15, 0.2) is 0 Å². The van der Waals surface area contributed by atoms with Crippen molar-refractivity contribution in [2.24, 2.45) is 11.6 Å². The van der Waals surface area contributed by atoms with Crippen LogP contribution < -0.4 is 17.0 Å². The van der Waals surface area contributed by atoms with E-state index in [1.807, 2.05) is 0 Å². The van der Waals surface area contributed by atoms with Crippen molar-refractivity contribution >= 4 is 5.91 Å². The summed E-state index contributed by atoms with van der Waals surface area (Å²) in [5, 5.41) is 0. The Morgan fingerprint density at radius 1 is 1.25 bits per heavy atom. The number of hydrazine groups is 1. The Kier molecular flexibility index (Phi) is 6.37. The van der Waals surface area contributed by atoms with Gasteiger partial charge in [-0.15, -0.1) is 0 Å². The van der Waals surface area contributed by atoms with E-state index in [0.29, 0.717) is 12.5 Å². The van der Waals surface area contributed by atoms with Crippen molar-refractivity contribution in [1.82, 2.24) is 10.3 Å². The summed E-state index contributed by atoms with van der Waals surface area (Å²) in [6, 6.07) is 0.407. The highest BCUT2D eigenvalue weighted by Crippen LogP contribution is 2.09. The summed E-state index contributed by atoms with van der Waals surface area (Å²) < 4.78 is 0. The molecule has 0 spiro atoms. The Bertz CT molecular complexity index is 202. The Morgan fingerprint density at radius 3 is 2.56 bits per heavy atom. The number of unbranched alkanes of at least 4 members (excludes halogenated alkanes) is 2. The third kappa shape index (κ3) is 5.44. The maximum Gasteiger partial charge on any atom is 0.233 e. The molecule has 1 saturated heterocycles. The zero-order valence-corrected chi connectivity index (χ0v) is 9.95. The molecule has 16 heavy (non-hydrogen) atoms. The van der Waals surface area contributed by atoms with E-state index in [1.165, 1.54) is 0 Å². The monoisotopic (exact) mass is 228 g/mol. The Labute approximate surface area is 97.5 Å². The van der Waals surface area contributed by atoms with Crippen LogP contribution in [-0.2, 0) is 4.79 Å². The first kappa shape index (κ1) is 13.4. The molecule has 5 nitrogen and oxygen atoms in total. The molecule has 0 aliphatic carbocycles. The van der Waals surface area contributed by atoms with Crippen LogP contribution in [-0.4, -0.2) is 36.5 Å². The molecule has 94 valence electrons. The van der Waals surface area contributed by atoms with Gasteiger partial charge in [0, 0.05) is 12.5 Å². The predicted molar refractivity (Wildman–Crippen MR) is 64.4 cm³/mol. The number of piperidine rings is 1. The number of likely N-dealkylation sites (tertiary alicyclic amines) is 1. The first-order valence-electron chi connectivity index (χ1n) is 6.19. The topological polar surface area (TPSA) is 84.4 Å². The highest BCUT2D eigenvalue weighted by Gasteiger charge is 2.14. The van der Waals surface area contributed by atoms with Gasteiger partial charge in [0.1, 0.15) is 0 Å². The van der Waals surface area contributed by atoms with Crippen LogP contribution in [0.25, 0.3) is 0 Å². The first-order valence-corrected chi connectivity index (χ1v) is 6.19. The van der Waals surface area contributed by atoms with E-state index < -0.39 is 0 Å². The molecule has 1 amide bonds. The normalized spacial score (nSPS) is 18.6. The SMILES string of the molecule is NNC(=O)CCCCCN1CCC(N)CC1. The largest absolute Gasteiger partial charge is 0.328 e. The van der Waals surface area contributed by atoms with Crippen LogP contribution in [0.3, 0.4) is 0 Å². The maximum absolute atomic E-state index is 10.9. The average Bonchev–Trinajstić information content (AvgIpc) is 2.31. The lowest BCUT2D eigenvalue weighted by molar-refractivity contribution is -0.121. The third-order valence-corrected chi connectivity index (χ3v) is 3.17. The van der Waals surface area contributed by atoms with E-state index in [9.17, 15) is 4.79 Å². The number of carbonyl (C=O) groups excluding carboxylic acids is 1. The Hall–Kier alpha value is -0.650. The van der Waals surface area contributed by atoms with Crippen LogP contribution in [0.1, 0.15) is 38.5 Å². The average molecular weight is 228 g/mol. The molecule has 1 heterocycles. The molecule has 0 atom stereocenters.